The minimum Gasteiger partial charge on any atom is -0.481 e. The number of aliphatic hydroxyl groups excluding tert-OH is 1. The summed E-state index contributed by atoms with van der Waals surface area (Å²) in [4.78, 5) is 26.6. The predicted molar refractivity (Wildman–Crippen MR) is 224 cm³/mol. The molecule has 5 aliphatic heterocycles. The number of carboxylic acids is 1. The molecule has 59 heavy (non-hydrogen) atoms. The van der Waals surface area contributed by atoms with Gasteiger partial charge in [-0.3, -0.25) is 9.59 Å². The van der Waals surface area contributed by atoms with E-state index in [1.165, 1.54) is 0 Å². The number of Topliss-reactive ketones (excluding diaryl/α,β-unsaturated/α-hetero) is 1. The fraction of sp³-hybridized carbons (Fsp3) is 0.911. The first-order chi connectivity index (χ1) is 27.6. The van der Waals surface area contributed by atoms with E-state index in [1.807, 2.05) is 53.7 Å². The highest BCUT2D eigenvalue weighted by molar-refractivity contribution is 7.89. The number of aliphatic carboxylic acids is 1. The van der Waals surface area contributed by atoms with Gasteiger partial charge in [0.1, 0.15) is 11.9 Å². The van der Waals surface area contributed by atoms with Crippen molar-refractivity contribution in [1.82, 2.24) is 4.72 Å². The number of carbonyl (C=O) groups excluding carboxylic acids is 1. The van der Waals surface area contributed by atoms with E-state index in [0.717, 1.165) is 6.42 Å². The van der Waals surface area contributed by atoms with Crippen LogP contribution in [0, 0.1) is 41.4 Å². The molecule has 5 aliphatic rings. The fourth-order valence-corrected chi connectivity index (χ4v) is 11.9. The number of sulfonamides is 1. The zero-order chi connectivity index (χ0) is 43.8. The van der Waals surface area contributed by atoms with Crippen LogP contribution in [-0.2, 0) is 43.3 Å². The SMILES string of the molecule is CC[C@@H](C(=O)[C@@H](C)[C@@H](O)[C@H](C)[C@@H]1O[C@@H]([C@@H](CC)C(=O)O)CC[C@@H]1C)[C@H]1O[C@]2(C=C[C@@H](NS(=O)(=O)CC)C(C3CC[C@@](C)([C@H]4CC[C@](O)(CC)[C@H](C)O4)O3)O2)[C@H](C)C[C@@H]1C. The van der Waals surface area contributed by atoms with Crippen molar-refractivity contribution in [3.8, 4) is 0 Å². The van der Waals surface area contributed by atoms with Gasteiger partial charge in [0.25, 0.3) is 0 Å². The third-order valence-corrected chi connectivity index (χ3v) is 16.8. The fourth-order valence-electron chi connectivity index (χ4n) is 11.1. The highest BCUT2D eigenvalue weighted by Gasteiger charge is 2.57. The molecule has 0 saturated carbocycles. The molecule has 4 saturated heterocycles. The molecule has 5 rings (SSSR count). The molecule has 14 heteroatoms. The maximum Gasteiger partial charge on any atom is 0.309 e. The summed E-state index contributed by atoms with van der Waals surface area (Å²) in [6.07, 6.45) is 5.45. The number of carbonyl (C=O) groups is 2. The summed E-state index contributed by atoms with van der Waals surface area (Å²) in [6, 6.07) is -0.727. The van der Waals surface area contributed by atoms with Crippen LogP contribution in [0.15, 0.2) is 12.2 Å². The minimum absolute atomic E-state index is 0.0271. The number of rotatable bonds is 16. The zero-order valence-electron chi connectivity index (χ0n) is 37.6. The second-order valence-electron chi connectivity index (χ2n) is 19.3. The molecular formula is C45H77NO12S. The van der Waals surface area contributed by atoms with E-state index >= 15 is 0 Å². The van der Waals surface area contributed by atoms with Crippen molar-refractivity contribution < 1.29 is 57.0 Å². The van der Waals surface area contributed by atoms with Gasteiger partial charge >= 0.3 is 5.97 Å². The van der Waals surface area contributed by atoms with Gasteiger partial charge in [0, 0.05) is 23.7 Å². The average Bonchev–Trinajstić information content (AvgIpc) is 3.61. The van der Waals surface area contributed by atoms with Gasteiger partial charge in [0.05, 0.1) is 71.6 Å². The lowest BCUT2D eigenvalue weighted by Gasteiger charge is -2.52. The Morgan fingerprint density at radius 1 is 0.881 bits per heavy atom. The normalized spacial score (nSPS) is 43.2. The van der Waals surface area contributed by atoms with E-state index in [2.05, 4.69) is 25.5 Å². The number of nitrogens with one attached hydrogen (secondary N) is 1. The molecule has 340 valence electrons. The van der Waals surface area contributed by atoms with Crippen LogP contribution in [0.4, 0.5) is 0 Å². The average molecular weight is 856 g/mol. The van der Waals surface area contributed by atoms with E-state index in [4.69, 9.17) is 23.7 Å². The molecule has 4 fully saturated rings. The van der Waals surface area contributed by atoms with Gasteiger partial charge in [-0.15, -0.1) is 0 Å². The molecule has 13 nitrogen and oxygen atoms in total. The van der Waals surface area contributed by atoms with Gasteiger partial charge in [0.15, 0.2) is 5.79 Å². The number of ketones is 1. The van der Waals surface area contributed by atoms with Gasteiger partial charge in [-0.05, 0) is 103 Å². The molecule has 2 unspecified atom stereocenters. The Morgan fingerprint density at radius 2 is 1.56 bits per heavy atom. The third kappa shape index (κ3) is 10.0. The highest BCUT2D eigenvalue weighted by atomic mass is 32.2. The van der Waals surface area contributed by atoms with Crippen LogP contribution in [0.3, 0.4) is 0 Å². The summed E-state index contributed by atoms with van der Waals surface area (Å²) in [5.74, 6) is -4.80. The van der Waals surface area contributed by atoms with E-state index in [1.54, 1.807) is 13.8 Å². The van der Waals surface area contributed by atoms with Gasteiger partial charge in [0.2, 0.25) is 10.0 Å². The Bertz CT molecular complexity index is 1590. The topological polar surface area (TPSA) is 187 Å². The lowest BCUT2D eigenvalue weighted by molar-refractivity contribution is -0.327. The first-order valence-corrected chi connectivity index (χ1v) is 24.4. The highest BCUT2D eigenvalue weighted by Crippen LogP contribution is 2.49. The van der Waals surface area contributed by atoms with Crippen LogP contribution < -0.4 is 4.72 Å². The molecule has 4 N–H and O–H groups in total. The number of hydrogen-bond acceptors (Lipinski definition) is 11. The molecule has 0 radical (unpaired) electrons. The van der Waals surface area contributed by atoms with Crippen LogP contribution in [-0.4, -0.2) is 113 Å². The van der Waals surface area contributed by atoms with E-state index < -0.39 is 99.3 Å². The molecular weight excluding hydrogens is 779 g/mol. The molecule has 1 spiro atoms. The van der Waals surface area contributed by atoms with Crippen LogP contribution in [0.2, 0.25) is 0 Å². The Balaban J connectivity index is 1.36. The van der Waals surface area contributed by atoms with Crippen LogP contribution in [0.25, 0.3) is 0 Å². The van der Waals surface area contributed by atoms with Gasteiger partial charge < -0.3 is 39.0 Å². The minimum atomic E-state index is -3.64. The van der Waals surface area contributed by atoms with E-state index in [0.29, 0.717) is 57.8 Å². The van der Waals surface area contributed by atoms with Crippen LogP contribution in [0.1, 0.15) is 140 Å². The summed E-state index contributed by atoms with van der Waals surface area (Å²) in [7, 11) is -3.64. The standard InChI is InChI=1S/C45H77NO12S/c1-12-31(42(49)50)34-17-16-25(5)39(55-34)29(9)37(47)28(8)38(48)32(13-2)40-26(6)24-27(7)45(57-40)23-18-33(46-59(52,53)15-4)41(58-45)35-19-21-43(11,56-35)36-20-22-44(51,14-3)30(10)54-36/h18,23,25-37,39-41,46-47,51H,12-17,19-22,24H2,1-11H3,(H,49,50)/t25-,26-,27+,28-,29-,30-,31+,32-,33+,34+,35?,36+,37+,39+,40-,41?,43-,44+,45-/m0/s1. The molecule has 5 heterocycles. The smallest absolute Gasteiger partial charge is 0.309 e. The number of aliphatic hydroxyl groups is 2. The molecule has 0 aromatic rings. The Hall–Kier alpha value is -1.49. The summed E-state index contributed by atoms with van der Waals surface area (Å²) in [5, 5.41) is 32.7. The van der Waals surface area contributed by atoms with Crippen molar-refractivity contribution in [2.75, 3.05) is 5.75 Å². The van der Waals surface area contributed by atoms with Gasteiger partial charge in [-0.2, -0.15) is 0 Å². The number of carboxylic acid groups (broad SMARTS) is 1. The van der Waals surface area contributed by atoms with Gasteiger partial charge in [-0.1, -0.05) is 61.5 Å². The summed E-state index contributed by atoms with van der Waals surface area (Å²) < 4.78 is 62.7. The first kappa shape index (κ1) is 48.5. The maximum atomic E-state index is 14.6. The largest absolute Gasteiger partial charge is 0.481 e. The summed E-state index contributed by atoms with van der Waals surface area (Å²) >= 11 is 0. The molecule has 0 amide bonds. The third-order valence-electron chi connectivity index (χ3n) is 15.4. The quantitative estimate of drug-likeness (QED) is 0.130. The number of hydrogen-bond donors (Lipinski definition) is 4. The van der Waals surface area contributed by atoms with Crippen molar-refractivity contribution in [2.45, 2.75) is 212 Å². The Labute approximate surface area is 354 Å². The van der Waals surface area contributed by atoms with Crippen molar-refractivity contribution in [2.24, 2.45) is 41.4 Å². The van der Waals surface area contributed by atoms with E-state index in [-0.39, 0.29) is 41.5 Å². The number of ether oxygens (including phenoxy) is 5. The lowest BCUT2D eigenvalue weighted by Crippen LogP contribution is -2.62. The monoisotopic (exact) mass is 856 g/mol. The first-order valence-electron chi connectivity index (χ1n) is 22.8. The summed E-state index contributed by atoms with van der Waals surface area (Å²) in [6.45, 7) is 21.1. The second kappa shape index (κ2) is 19.1. The molecule has 0 aromatic heterocycles. The van der Waals surface area contributed by atoms with Crippen molar-refractivity contribution in [1.29, 1.82) is 0 Å². The molecule has 0 bridgehead atoms. The molecule has 19 atom stereocenters. The van der Waals surface area contributed by atoms with Gasteiger partial charge in [-0.25, -0.2) is 13.1 Å². The molecule has 0 aliphatic carbocycles. The van der Waals surface area contributed by atoms with Crippen LogP contribution in [0.5, 0.6) is 0 Å². The zero-order valence-corrected chi connectivity index (χ0v) is 38.4. The summed E-state index contributed by atoms with van der Waals surface area (Å²) in [5.41, 5.74) is -1.57. The van der Waals surface area contributed by atoms with Crippen molar-refractivity contribution >= 4 is 21.8 Å². The Kier molecular flexibility index (Phi) is 15.7. The van der Waals surface area contributed by atoms with Crippen LogP contribution >= 0.6 is 0 Å². The van der Waals surface area contributed by atoms with Crippen molar-refractivity contribution in [3.05, 3.63) is 12.2 Å². The van der Waals surface area contributed by atoms with Crippen molar-refractivity contribution in [3.63, 3.8) is 0 Å². The second-order valence-corrected chi connectivity index (χ2v) is 21.3. The van der Waals surface area contributed by atoms with E-state index in [9.17, 15) is 33.3 Å². The Morgan fingerprint density at radius 3 is 2.15 bits per heavy atom. The maximum absolute atomic E-state index is 14.6. The lowest BCUT2D eigenvalue weighted by atomic mass is 9.72. The molecule has 0 aromatic carbocycles. The predicted octanol–water partition coefficient (Wildman–Crippen LogP) is 6.18.